The van der Waals surface area contributed by atoms with Crippen LogP contribution in [-0.4, -0.2) is 38.1 Å². The van der Waals surface area contributed by atoms with E-state index in [1.807, 2.05) is 20.8 Å². The van der Waals surface area contributed by atoms with E-state index in [0.717, 1.165) is 5.69 Å². The molecule has 1 heterocycles. The predicted molar refractivity (Wildman–Crippen MR) is 66.6 cm³/mol. The van der Waals surface area contributed by atoms with Crippen molar-refractivity contribution in [3.8, 4) is 0 Å². The van der Waals surface area contributed by atoms with Crippen molar-refractivity contribution < 1.29 is 13.2 Å². The summed E-state index contributed by atoms with van der Waals surface area (Å²) in [5.41, 5.74) is 0.783. The first-order valence-corrected chi connectivity index (χ1v) is 6.95. The number of anilines is 1. The van der Waals surface area contributed by atoms with Crippen molar-refractivity contribution in [3.05, 3.63) is 11.8 Å². The van der Waals surface area contributed by atoms with Crippen LogP contribution in [0.15, 0.2) is 6.07 Å². The highest BCUT2D eigenvalue weighted by Crippen LogP contribution is 2.22. The first-order valence-electron chi connectivity index (χ1n) is 5.30. The molecule has 0 aromatic carbocycles. The Balaban J connectivity index is 2.73. The molecule has 7 heteroatoms. The van der Waals surface area contributed by atoms with Gasteiger partial charge in [0.15, 0.2) is 5.82 Å². The predicted octanol–water partition coefficient (Wildman–Crippen LogP) is 1.10. The fourth-order valence-corrected chi connectivity index (χ4v) is 2.07. The first kappa shape index (κ1) is 14.0. The summed E-state index contributed by atoms with van der Waals surface area (Å²) in [6.45, 7) is 6.21. The molecule has 6 nitrogen and oxygen atoms in total. The van der Waals surface area contributed by atoms with Crippen molar-refractivity contribution in [2.24, 2.45) is 0 Å². The van der Waals surface area contributed by atoms with Gasteiger partial charge in [0, 0.05) is 24.3 Å². The summed E-state index contributed by atoms with van der Waals surface area (Å²) in [6, 6.07) is 1.70. The summed E-state index contributed by atoms with van der Waals surface area (Å²) in [4.78, 5) is 0. The zero-order valence-electron chi connectivity index (χ0n) is 10.6. The maximum absolute atomic E-state index is 11.6. The molecule has 0 aliphatic carbocycles. The Labute approximate surface area is 102 Å². The third-order valence-corrected chi connectivity index (χ3v) is 3.43. The maximum Gasteiger partial charge on any atom is 0.236 e. The molecule has 0 spiro atoms. The van der Waals surface area contributed by atoms with E-state index >= 15 is 0 Å². The summed E-state index contributed by atoms with van der Waals surface area (Å²) in [6.07, 6.45) is 0. The van der Waals surface area contributed by atoms with Gasteiger partial charge in [-0.05, 0) is 0 Å². The number of aromatic nitrogens is 2. The van der Waals surface area contributed by atoms with Gasteiger partial charge in [0.25, 0.3) is 0 Å². The van der Waals surface area contributed by atoms with Crippen molar-refractivity contribution in [3.63, 3.8) is 0 Å². The van der Waals surface area contributed by atoms with Crippen LogP contribution < -0.4 is 4.72 Å². The van der Waals surface area contributed by atoms with Gasteiger partial charge in [-0.1, -0.05) is 20.8 Å². The summed E-state index contributed by atoms with van der Waals surface area (Å²) >= 11 is 0. The van der Waals surface area contributed by atoms with Crippen molar-refractivity contribution in [1.82, 2.24) is 10.2 Å². The van der Waals surface area contributed by atoms with E-state index < -0.39 is 10.0 Å². The highest BCUT2D eigenvalue weighted by molar-refractivity contribution is 7.92. The molecule has 0 saturated heterocycles. The normalized spacial score (nSPS) is 12.7. The lowest BCUT2D eigenvalue weighted by Crippen LogP contribution is -2.19. The first-order chi connectivity index (χ1) is 7.74. The van der Waals surface area contributed by atoms with Gasteiger partial charge < -0.3 is 4.74 Å². The van der Waals surface area contributed by atoms with Gasteiger partial charge in [-0.3, -0.25) is 9.82 Å². The minimum atomic E-state index is -3.39. The quantitative estimate of drug-likeness (QED) is 0.831. The van der Waals surface area contributed by atoms with E-state index in [1.54, 1.807) is 6.07 Å². The summed E-state index contributed by atoms with van der Waals surface area (Å²) in [5, 5.41) is 6.74. The molecule has 0 atom stereocenters. The van der Waals surface area contributed by atoms with Crippen LogP contribution in [0.1, 0.15) is 26.5 Å². The highest BCUT2D eigenvalue weighted by Gasteiger charge is 2.18. The Morgan fingerprint density at radius 3 is 2.59 bits per heavy atom. The van der Waals surface area contributed by atoms with Crippen LogP contribution in [0.4, 0.5) is 5.82 Å². The molecule has 0 amide bonds. The molecule has 0 fully saturated rings. The minimum Gasteiger partial charge on any atom is -0.384 e. The molecule has 1 aromatic rings. The standard InChI is InChI=1S/C10H19N3O3S/c1-10(2,3)8-7-9(12-11-8)13-17(14,15)6-5-16-4/h7H,5-6H2,1-4H3,(H2,11,12,13). The van der Waals surface area contributed by atoms with E-state index in [1.165, 1.54) is 7.11 Å². The summed E-state index contributed by atoms with van der Waals surface area (Å²) in [7, 11) is -1.93. The van der Waals surface area contributed by atoms with Crippen LogP contribution in [0, 0.1) is 0 Å². The Morgan fingerprint density at radius 1 is 1.47 bits per heavy atom. The second kappa shape index (κ2) is 5.05. The van der Waals surface area contributed by atoms with Crippen LogP contribution in [0.25, 0.3) is 0 Å². The molecule has 1 aromatic heterocycles. The molecule has 98 valence electrons. The molecule has 17 heavy (non-hydrogen) atoms. The largest absolute Gasteiger partial charge is 0.384 e. The number of methoxy groups -OCH3 is 1. The van der Waals surface area contributed by atoms with Crippen LogP contribution in [0.2, 0.25) is 0 Å². The number of nitrogens with one attached hydrogen (secondary N) is 2. The fourth-order valence-electron chi connectivity index (χ4n) is 1.16. The van der Waals surface area contributed by atoms with Gasteiger partial charge in [-0.25, -0.2) is 8.42 Å². The van der Waals surface area contributed by atoms with Gasteiger partial charge in [0.05, 0.1) is 12.4 Å². The lowest BCUT2D eigenvalue weighted by molar-refractivity contribution is 0.217. The van der Waals surface area contributed by atoms with Gasteiger partial charge in [-0.2, -0.15) is 5.10 Å². The second-order valence-electron chi connectivity index (χ2n) is 4.83. The number of nitrogens with zero attached hydrogens (tertiary/aromatic N) is 1. The average Bonchev–Trinajstić information content (AvgIpc) is 2.62. The molecule has 0 aliphatic rings. The van der Waals surface area contributed by atoms with E-state index in [-0.39, 0.29) is 17.8 Å². The maximum atomic E-state index is 11.6. The molecular weight excluding hydrogens is 242 g/mol. The van der Waals surface area contributed by atoms with Crippen LogP contribution >= 0.6 is 0 Å². The summed E-state index contributed by atoms with van der Waals surface area (Å²) < 4.78 is 30.3. The van der Waals surface area contributed by atoms with Gasteiger partial charge in [-0.15, -0.1) is 0 Å². The molecule has 2 N–H and O–H groups in total. The molecule has 0 bridgehead atoms. The van der Waals surface area contributed by atoms with Crippen LogP contribution in [-0.2, 0) is 20.2 Å². The number of sulfonamides is 1. The van der Waals surface area contributed by atoms with E-state index in [4.69, 9.17) is 4.74 Å². The molecule has 0 saturated carbocycles. The van der Waals surface area contributed by atoms with Crippen molar-refractivity contribution in [2.75, 3.05) is 24.2 Å². The second-order valence-corrected chi connectivity index (χ2v) is 6.67. The van der Waals surface area contributed by atoms with Gasteiger partial charge in [0.1, 0.15) is 0 Å². The Bertz CT molecular complexity index is 459. The zero-order chi connectivity index (χ0) is 13.1. The van der Waals surface area contributed by atoms with Crippen molar-refractivity contribution in [2.45, 2.75) is 26.2 Å². The Hall–Kier alpha value is -1.08. The molecule has 0 aliphatic heterocycles. The smallest absolute Gasteiger partial charge is 0.236 e. The molecule has 0 radical (unpaired) electrons. The Morgan fingerprint density at radius 2 is 2.12 bits per heavy atom. The molecule has 0 unspecified atom stereocenters. The number of hydrogen-bond acceptors (Lipinski definition) is 4. The lowest BCUT2D eigenvalue weighted by atomic mass is 9.92. The number of aromatic amines is 1. The Kier molecular flexibility index (Phi) is 4.16. The van der Waals surface area contributed by atoms with Gasteiger partial charge >= 0.3 is 0 Å². The van der Waals surface area contributed by atoms with E-state index in [2.05, 4.69) is 14.9 Å². The lowest BCUT2D eigenvalue weighted by Gasteiger charge is -2.14. The average molecular weight is 261 g/mol. The number of hydrogen-bond donors (Lipinski definition) is 2. The zero-order valence-corrected chi connectivity index (χ0v) is 11.4. The van der Waals surface area contributed by atoms with Gasteiger partial charge in [0.2, 0.25) is 10.0 Å². The number of H-pyrrole nitrogens is 1. The van der Waals surface area contributed by atoms with Crippen molar-refractivity contribution >= 4 is 15.8 Å². The van der Waals surface area contributed by atoms with Crippen molar-refractivity contribution in [1.29, 1.82) is 0 Å². The van der Waals surface area contributed by atoms with Crippen LogP contribution in [0.3, 0.4) is 0 Å². The topological polar surface area (TPSA) is 84.1 Å². The monoisotopic (exact) mass is 261 g/mol. The third-order valence-electron chi connectivity index (χ3n) is 2.20. The van der Waals surface area contributed by atoms with E-state index in [0.29, 0.717) is 5.82 Å². The SMILES string of the molecule is COCCS(=O)(=O)Nc1cc(C(C)(C)C)[nH]n1. The highest BCUT2D eigenvalue weighted by atomic mass is 32.2. The minimum absolute atomic E-state index is 0.0821. The molecule has 1 rings (SSSR count). The third kappa shape index (κ3) is 4.35. The number of ether oxygens (including phenoxy) is 1. The summed E-state index contributed by atoms with van der Waals surface area (Å²) in [5.74, 6) is 0.229. The molecular formula is C10H19N3O3S. The number of rotatable bonds is 5. The fraction of sp³-hybridized carbons (Fsp3) is 0.700. The van der Waals surface area contributed by atoms with E-state index in [9.17, 15) is 8.42 Å². The van der Waals surface area contributed by atoms with Crippen LogP contribution in [0.5, 0.6) is 0 Å².